The molecule has 2 atom stereocenters. The van der Waals surface area contributed by atoms with Gasteiger partial charge in [-0.3, -0.25) is 4.98 Å². The predicted molar refractivity (Wildman–Crippen MR) is 120 cm³/mol. The summed E-state index contributed by atoms with van der Waals surface area (Å²) in [5.41, 5.74) is 1.25. The fourth-order valence-corrected chi connectivity index (χ4v) is 1.98. The SMILES string of the molecule is C=C[C@@H]1CCC[C@H]1[CH2-].CC(=N/O)/C(C)=N/O.CC(=N/O)/C(C)=N/O.[Co].c1ccncc1. The van der Waals surface area contributed by atoms with E-state index in [1.807, 2.05) is 24.3 Å². The molecule has 1 radical (unpaired) electrons. The largest absolute Gasteiger partial charge is 0.411 e. The Morgan fingerprint density at radius 1 is 0.839 bits per heavy atom. The van der Waals surface area contributed by atoms with Crippen LogP contribution in [0.4, 0.5) is 0 Å². The Labute approximate surface area is 195 Å². The molecule has 1 aliphatic carbocycles. The Kier molecular flexibility index (Phi) is 23.3. The van der Waals surface area contributed by atoms with Crippen molar-refractivity contribution in [3.05, 3.63) is 50.2 Å². The number of aromatic nitrogens is 1. The van der Waals surface area contributed by atoms with Crippen molar-refractivity contribution in [2.45, 2.75) is 47.0 Å². The van der Waals surface area contributed by atoms with Crippen molar-refractivity contribution in [1.29, 1.82) is 0 Å². The van der Waals surface area contributed by atoms with Crippen LogP contribution in [0.5, 0.6) is 0 Å². The van der Waals surface area contributed by atoms with Gasteiger partial charge in [0.1, 0.15) is 22.8 Å². The molecule has 0 spiro atoms. The maximum Gasteiger partial charge on any atom is 0.101 e. The van der Waals surface area contributed by atoms with E-state index in [4.69, 9.17) is 20.8 Å². The summed E-state index contributed by atoms with van der Waals surface area (Å²) in [6, 6.07) is 5.72. The van der Waals surface area contributed by atoms with Gasteiger partial charge in [0.2, 0.25) is 0 Å². The third kappa shape index (κ3) is 17.8. The van der Waals surface area contributed by atoms with E-state index in [1.165, 1.54) is 47.0 Å². The maximum atomic E-state index is 8.03. The molecule has 0 saturated heterocycles. The molecule has 1 saturated carbocycles. The molecule has 177 valence electrons. The van der Waals surface area contributed by atoms with Crippen LogP contribution in [0.25, 0.3) is 0 Å². The average molecular weight is 479 g/mol. The van der Waals surface area contributed by atoms with Crippen molar-refractivity contribution in [2.75, 3.05) is 0 Å². The van der Waals surface area contributed by atoms with Crippen LogP contribution in [0.15, 0.2) is 63.9 Å². The van der Waals surface area contributed by atoms with Gasteiger partial charge in [-0.25, -0.2) is 0 Å². The first-order valence-corrected chi connectivity index (χ1v) is 9.34. The first-order chi connectivity index (χ1) is 14.3. The van der Waals surface area contributed by atoms with Crippen LogP contribution in [0.3, 0.4) is 0 Å². The van der Waals surface area contributed by atoms with E-state index >= 15 is 0 Å². The molecular weight excluding hydrogens is 445 g/mol. The van der Waals surface area contributed by atoms with E-state index in [9.17, 15) is 0 Å². The molecule has 10 heteroatoms. The molecular formula is C21H34CoN5O4-. The smallest absolute Gasteiger partial charge is 0.101 e. The fraction of sp³-hybridized carbons (Fsp3) is 0.429. The second-order valence-corrected chi connectivity index (χ2v) is 6.36. The first kappa shape index (κ1) is 32.9. The fourth-order valence-electron chi connectivity index (χ4n) is 1.98. The number of rotatable bonds is 3. The monoisotopic (exact) mass is 479 g/mol. The molecule has 1 heterocycles. The molecule has 0 aromatic carbocycles. The number of nitrogens with zero attached hydrogens (tertiary/aromatic N) is 5. The van der Waals surface area contributed by atoms with E-state index in [2.05, 4.69) is 39.1 Å². The number of hydrogen-bond acceptors (Lipinski definition) is 9. The topological polar surface area (TPSA) is 143 Å². The molecule has 1 aliphatic rings. The van der Waals surface area contributed by atoms with Crippen molar-refractivity contribution < 1.29 is 37.6 Å². The molecule has 0 bridgehead atoms. The summed E-state index contributed by atoms with van der Waals surface area (Å²) in [5.74, 6) is 1.38. The second kappa shape index (κ2) is 22.0. The van der Waals surface area contributed by atoms with Crippen LogP contribution in [-0.2, 0) is 16.8 Å². The van der Waals surface area contributed by atoms with Gasteiger partial charge in [0, 0.05) is 29.2 Å². The summed E-state index contributed by atoms with van der Waals surface area (Å²) in [6.07, 6.45) is 9.52. The Morgan fingerprint density at radius 3 is 1.35 bits per heavy atom. The van der Waals surface area contributed by atoms with Crippen LogP contribution in [0.1, 0.15) is 47.0 Å². The minimum Gasteiger partial charge on any atom is -0.411 e. The van der Waals surface area contributed by atoms with Crippen molar-refractivity contribution in [3.63, 3.8) is 0 Å². The molecule has 0 unspecified atom stereocenters. The van der Waals surface area contributed by atoms with Gasteiger partial charge in [0.05, 0.1) is 0 Å². The minimum atomic E-state index is 0. The van der Waals surface area contributed by atoms with E-state index in [0.29, 0.717) is 28.8 Å². The van der Waals surface area contributed by atoms with Gasteiger partial charge in [0.25, 0.3) is 0 Å². The van der Waals surface area contributed by atoms with Crippen molar-refractivity contribution >= 4 is 22.8 Å². The third-order valence-electron chi connectivity index (χ3n) is 4.23. The summed E-state index contributed by atoms with van der Waals surface area (Å²) in [7, 11) is 0. The minimum absolute atomic E-state index is 0. The Bertz CT molecular complexity index is 604. The standard InChI is InChI=1S/C8H13.C5H5N.2C4H8N2O2.Co/c1-3-8-6-4-5-7(8)2;1-2-4-6-5-3-1;2*1-3(5-7)4(2)6-8;/h3,7-8H,1-2,4-6H2;1-5H;2*7-8H,1-2H3;/q-1;;;;/b;;2*5-3-,6-4+;/t7-,8-;;;;/m1..../s1. The van der Waals surface area contributed by atoms with E-state index in [1.54, 1.807) is 12.4 Å². The second-order valence-electron chi connectivity index (χ2n) is 6.36. The summed E-state index contributed by atoms with van der Waals surface area (Å²) in [5, 5.41) is 43.3. The Morgan fingerprint density at radius 2 is 1.23 bits per heavy atom. The van der Waals surface area contributed by atoms with E-state index in [-0.39, 0.29) is 16.8 Å². The van der Waals surface area contributed by atoms with Crippen molar-refractivity contribution in [2.24, 2.45) is 32.5 Å². The van der Waals surface area contributed by atoms with Crippen molar-refractivity contribution in [1.82, 2.24) is 4.98 Å². The van der Waals surface area contributed by atoms with Crippen LogP contribution in [-0.4, -0.2) is 48.7 Å². The van der Waals surface area contributed by atoms with Gasteiger partial charge in [-0.15, -0.1) is 6.58 Å². The van der Waals surface area contributed by atoms with Crippen LogP contribution >= 0.6 is 0 Å². The summed E-state index contributed by atoms with van der Waals surface area (Å²) in [6.45, 7) is 13.9. The van der Waals surface area contributed by atoms with Gasteiger partial charge in [-0.2, -0.15) is 5.92 Å². The van der Waals surface area contributed by atoms with Gasteiger partial charge >= 0.3 is 0 Å². The van der Waals surface area contributed by atoms with Gasteiger partial charge < -0.3 is 27.8 Å². The number of oxime groups is 4. The van der Waals surface area contributed by atoms with Gasteiger partial charge in [0.15, 0.2) is 0 Å². The first-order valence-electron chi connectivity index (χ1n) is 9.34. The number of pyridine rings is 1. The molecule has 0 aliphatic heterocycles. The molecule has 1 aromatic heterocycles. The molecule has 1 aromatic rings. The zero-order valence-electron chi connectivity index (χ0n) is 18.5. The molecule has 1 fully saturated rings. The third-order valence-corrected chi connectivity index (χ3v) is 4.23. The van der Waals surface area contributed by atoms with Gasteiger partial charge in [-0.05, 0) is 52.2 Å². The van der Waals surface area contributed by atoms with Crippen LogP contribution < -0.4 is 0 Å². The quantitative estimate of drug-likeness (QED) is 0.161. The summed E-state index contributed by atoms with van der Waals surface area (Å²) >= 11 is 0. The van der Waals surface area contributed by atoms with Crippen LogP contribution in [0, 0.1) is 18.8 Å². The van der Waals surface area contributed by atoms with E-state index < -0.39 is 0 Å². The molecule has 31 heavy (non-hydrogen) atoms. The molecule has 9 nitrogen and oxygen atoms in total. The normalized spacial score (nSPS) is 18.6. The molecule has 2 rings (SSSR count). The maximum absolute atomic E-state index is 8.03. The zero-order chi connectivity index (χ0) is 23.4. The van der Waals surface area contributed by atoms with E-state index in [0.717, 1.165) is 5.92 Å². The molecule has 0 amide bonds. The summed E-state index contributed by atoms with van der Waals surface area (Å²) in [4.78, 5) is 3.78. The number of allylic oxidation sites excluding steroid dienone is 1. The predicted octanol–water partition coefficient (Wildman–Crippen LogP) is 4.88. The van der Waals surface area contributed by atoms with Crippen LogP contribution in [0.2, 0.25) is 0 Å². The molecule has 4 N–H and O–H groups in total. The Hall–Kier alpha value is -2.72. The summed E-state index contributed by atoms with van der Waals surface area (Å²) < 4.78 is 0. The van der Waals surface area contributed by atoms with Crippen molar-refractivity contribution in [3.8, 4) is 0 Å². The Balaban J connectivity index is -0.000000335. The zero-order valence-corrected chi connectivity index (χ0v) is 19.6. The average Bonchev–Trinajstić information content (AvgIpc) is 3.24. The van der Waals surface area contributed by atoms with Gasteiger partial charge in [-0.1, -0.05) is 45.6 Å². The number of hydrogen-bond donors (Lipinski definition) is 4.